The third-order valence-corrected chi connectivity index (χ3v) is 6.23. The van der Waals surface area contributed by atoms with Crippen LogP contribution in [-0.4, -0.2) is 63.7 Å². The number of benzene rings is 1. The molecule has 8 nitrogen and oxygen atoms in total. The van der Waals surface area contributed by atoms with Crippen LogP contribution in [0.1, 0.15) is 30.1 Å². The Morgan fingerprint density at radius 3 is 2.59 bits per heavy atom. The van der Waals surface area contributed by atoms with Crippen molar-refractivity contribution in [3.05, 3.63) is 29.8 Å². The minimum absolute atomic E-state index is 0.00618. The third kappa shape index (κ3) is 5.93. The van der Waals surface area contributed by atoms with Crippen LogP contribution in [0, 0.1) is 5.92 Å². The van der Waals surface area contributed by atoms with Gasteiger partial charge in [0.15, 0.2) is 0 Å². The Labute approximate surface area is 159 Å². The molecule has 0 aliphatic carbocycles. The van der Waals surface area contributed by atoms with Gasteiger partial charge in [-0.3, -0.25) is 9.59 Å². The number of ether oxygens (including phenoxy) is 2. The van der Waals surface area contributed by atoms with E-state index < -0.39 is 15.9 Å². The first-order chi connectivity index (χ1) is 12.9. The average molecular weight is 398 g/mol. The Balaban J connectivity index is 1.86. The molecule has 0 aromatic heterocycles. The fourth-order valence-corrected chi connectivity index (χ4v) is 4.35. The normalized spacial score (nSPS) is 17.9. The number of piperidine rings is 1. The van der Waals surface area contributed by atoms with Crippen molar-refractivity contribution in [1.29, 1.82) is 0 Å². The van der Waals surface area contributed by atoms with E-state index in [9.17, 15) is 18.0 Å². The van der Waals surface area contributed by atoms with Crippen LogP contribution in [0.4, 0.5) is 0 Å². The minimum atomic E-state index is -3.56. The summed E-state index contributed by atoms with van der Waals surface area (Å²) < 4.78 is 36.4. The summed E-state index contributed by atoms with van der Waals surface area (Å²) in [6.45, 7) is 2.51. The van der Waals surface area contributed by atoms with Crippen LogP contribution < -0.4 is 10.1 Å². The van der Waals surface area contributed by atoms with Crippen molar-refractivity contribution in [3.63, 3.8) is 0 Å². The van der Waals surface area contributed by atoms with E-state index in [0.29, 0.717) is 30.7 Å². The lowest BCUT2D eigenvalue weighted by Gasteiger charge is -2.30. The Morgan fingerprint density at radius 1 is 1.26 bits per heavy atom. The van der Waals surface area contributed by atoms with Gasteiger partial charge in [0, 0.05) is 25.2 Å². The number of sulfonamides is 1. The number of hydrogen-bond donors (Lipinski definition) is 1. The molecule has 1 N–H and O–H groups in total. The standard InChI is InChI=1S/C18H26N2O6S/c1-3-26-18(22)15-5-4-11-20(13-15)27(23,24)12-10-19-17(21)14-6-8-16(25-2)9-7-14/h6-9,15H,3-5,10-13H2,1-2H3,(H,19,21). The van der Waals surface area contributed by atoms with Crippen molar-refractivity contribution in [2.45, 2.75) is 19.8 Å². The molecule has 150 valence electrons. The van der Waals surface area contributed by atoms with Crippen molar-refractivity contribution in [3.8, 4) is 5.75 Å². The van der Waals surface area contributed by atoms with Gasteiger partial charge < -0.3 is 14.8 Å². The van der Waals surface area contributed by atoms with E-state index in [4.69, 9.17) is 9.47 Å². The molecule has 0 bridgehead atoms. The second kappa shape index (κ2) is 9.70. The van der Waals surface area contributed by atoms with Gasteiger partial charge in [0.25, 0.3) is 5.91 Å². The molecular weight excluding hydrogens is 372 g/mol. The summed E-state index contributed by atoms with van der Waals surface area (Å²) in [6.07, 6.45) is 1.24. The molecule has 0 saturated carbocycles. The molecule has 1 aliphatic heterocycles. The summed E-state index contributed by atoms with van der Waals surface area (Å²) in [5.74, 6) is -0.719. The van der Waals surface area contributed by atoms with Crippen LogP contribution in [-0.2, 0) is 19.6 Å². The van der Waals surface area contributed by atoms with Crippen LogP contribution in [0.3, 0.4) is 0 Å². The lowest BCUT2D eigenvalue weighted by molar-refractivity contribution is -0.149. The number of carbonyl (C=O) groups excluding carboxylic acids is 2. The molecule has 1 saturated heterocycles. The maximum Gasteiger partial charge on any atom is 0.310 e. The first-order valence-electron chi connectivity index (χ1n) is 8.94. The number of nitrogens with zero attached hydrogens (tertiary/aromatic N) is 1. The molecule has 1 aliphatic rings. The highest BCUT2D eigenvalue weighted by Gasteiger charge is 2.32. The molecule has 1 heterocycles. The zero-order valence-electron chi connectivity index (χ0n) is 15.6. The molecule has 9 heteroatoms. The topological polar surface area (TPSA) is 102 Å². The molecule has 1 amide bonds. The number of nitrogens with one attached hydrogen (secondary N) is 1. The van der Waals surface area contributed by atoms with Crippen LogP contribution in [0.15, 0.2) is 24.3 Å². The Kier molecular flexibility index (Phi) is 7.61. The molecule has 1 aromatic rings. The molecule has 1 fully saturated rings. The summed E-state index contributed by atoms with van der Waals surface area (Å²) in [5.41, 5.74) is 0.425. The molecule has 2 rings (SSSR count). The van der Waals surface area contributed by atoms with Crippen LogP contribution >= 0.6 is 0 Å². The fraction of sp³-hybridized carbons (Fsp3) is 0.556. The van der Waals surface area contributed by atoms with E-state index >= 15 is 0 Å². The highest BCUT2D eigenvalue weighted by molar-refractivity contribution is 7.89. The largest absolute Gasteiger partial charge is 0.497 e. The van der Waals surface area contributed by atoms with Crippen LogP contribution in [0.2, 0.25) is 0 Å². The van der Waals surface area contributed by atoms with Crippen molar-refractivity contribution in [2.75, 3.05) is 39.1 Å². The van der Waals surface area contributed by atoms with E-state index in [1.54, 1.807) is 31.2 Å². The van der Waals surface area contributed by atoms with Gasteiger partial charge in [0.1, 0.15) is 5.75 Å². The smallest absolute Gasteiger partial charge is 0.310 e. The van der Waals surface area contributed by atoms with E-state index in [0.717, 1.165) is 0 Å². The van der Waals surface area contributed by atoms with E-state index in [1.807, 2.05) is 0 Å². The van der Waals surface area contributed by atoms with Gasteiger partial charge >= 0.3 is 5.97 Å². The Morgan fingerprint density at radius 2 is 1.96 bits per heavy atom. The summed E-state index contributed by atoms with van der Waals surface area (Å²) in [6, 6.07) is 6.54. The molecule has 0 radical (unpaired) electrons. The summed E-state index contributed by atoms with van der Waals surface area (Å²) in [5, 5.41) is 2.61. The molecule has 0 spiro atoms. The molecule has 1 aromatic carbocycles. The third-order valence-electron chi connectivity index (χ3n) is 4.40. The predicted molar refractivity (Wildman–Crippen MR) is 100 cm³/mol. The van der Waals surface area contributed by atoms with Gasteiger partial charge in [-0.05, 0) is 44.0 Å². The van der Waals surface area contributed by atoms with Crippen molar-refractivity contribution in [2.24, 2.45) is 5.92 Å². The maximum atomic E-state index is 12.5. The number of carbonyl (C=O) groups is 2. The van der Waals surface area contributed by atoms with E-state index in [-0.39, 0.29) is 37.3 Å². The Bertz CT molecular complexity index is 748. The van der Waals surface area contributed by atoms with Gasteiger partial charge in [0.2, 0.25) is 10.0 Å². The van der Waals surface area contributed by atoms with Gasteiger partial charge in [-0.25, -0.2) is 12.7 Å². The minimum Gasteiger partial charge on any atom is -0.497 e. The number of amides is 1. The SMILES string of the molecule is CCOC(=O)C1CCCN(S(=O)(=O)CCNC(=O)c2ccc(OC)cc2)C1. The monoisotopic (exact) mass is 398 g/mol. The number of esters is 1. The van der Waals surface area contributed by atoms with E-state index in [1.165, 1.54) is 11.4 Å². The zero-order chi connectivity index (χ0) is 19.9. The molecule has 1 atom stereocenters. The first kappa shape index (κ1) is 21.2. The summed E-state index contributed by atoms with van der Waals surface area (Å²) in [7, 11) is -2.03. The quantitative estimate of drug-likeness (QED) is 0.656. The van der Waals surface area contributed by atoms with Crippen molar-refractivity contribution >= 4 is 21.9 Å². The van der Waals surface area contributed by atoms with Crippen LogP contribution in [0.25, 0.3) is 0 Å². The highest BCUT2D eigenvalue weighted by Crippen LogP contribution is 2.20. The number of rotatable bonds is 8. The van der Waals surface area contributed by atoms with Gasteiger partial charge in [-0.15, -0.1) is 0 Å². The van der Waals surface area contributed by atoms with Gasteiger partial charge in [0.05, 0.1) is 25.4 Å². The fourth-order valence-electron chi connectivity index (χ4n) is 2.91. The second-order valence-electron chi connectivity index (χ2n) is 6.25. The van der Waals surface area contributed by atoms with E-state index in [2.05, 4.69) is 5.32 Å². The van der Waals surface area contributed by atoms with Crippen molar-refractivity contribution < 1.29 is 27.5 Å². The van der Waals surface area contributed by atoms with Crippen molar-refractivity contribution in [1.82, 2.24) is 9.62 Å². The number of methoxy groups -OCH3 is 1. The van der Waals surface area contributed by atoms with Gasteiger partial charge in [-0.1, -0.05) is 0 Å². The van der Waals surface area contributed by atoms with Crippen LogP contribution in [0.5, 0.6) is 5.75 Å². The molecule has 27 heavy (non-hydrogen) atoms. The maximum absolute atomic E-state index is 12.5. The highest BCUT2D eigenvalue weighted by atomic mass is 32.2. The zero-order valence-corrected chi connectivity index (χ0v) is 16.5. The number of hydrogen-bond acceptors (Lipinski definition) is 6. The average Bonchev–Trinajstić information content (AvgIpc) is 2.68. The summed E-state index contributed by atoms with van der Waals surface area (Å²) in [4.78, 5) is 24.0. The Hall–Kier alpha value is -2.13. The lowest BCUT2D eigenvalue weighted by atomic mass is 10.0. The van der Waals surface area contributed by atoms with Gasteiger partial charge in [-0.2, -0.15) is 0 Å². The summed E-state index contributed by atoms with van der Waals surface area (Å²) >= 11 is 0. The second-order valence-corrected chi connectivity index (χ2v) is 8.34. The predicted octanol–water partition coefficient (Wildman–Crippen LogP) is 1.03. The first-order valence-corrected chi connectivity index (χ1v) is 10.5. The lowest BCUT2D eigenvalue weighted by Crippen LogP contribution is -2.45. The molecule has 1 unspecified atom stereocenters. The molecular formula is C18H26N2O6S.